The van der Waals surface area contributed by atoms with Gasteiger partial charge in [0.15, 0.2) is 0 Å². The first-order valence-electron chi connectivity index (χ1n) is 7.26. The molecule has 0 saturated carbocycles. The van der Waals surface area contributed by atoms with Crippen LogP contribution in [0.4, 0.5) is 0 Å². The van der Waals surface area contributed by atoms with E-state index in [1.54, 1.807) is 6.20 Å². The zero-order valence-corrected chi connectivity index (χ0v) is 12.6. The largest absolute Gasteiger partial charge is 0.301 e. The Morgan fingerprint density at radius 1 is 1.24 bits per heavy atom. The lowest BCUT2D eigenvalue weighted by molar-refractivity contribution is 0.0511. The first-order valence-corrected chi connectivity index (χ1v) is 7.26. The highest BCUT2D eigenvalue weighted by Gasteiger charge is 2.35. The second-order valence-corrected chi connectivity index (χ2v) is 5.81. The fourth-order valence-corrected chi connectivity index (χ4v) is 3.54. The predicted molar refractivity (Wildman–Crippen MR) is 83.7 cm³/mol. The van der Waals surface area contributed by atoms with Crippen LogP contribution in [-0.2, 0) is 0 Å². The lowest BCUT2D eigenvalue weighted by Crippen LogP contribution is -2.48. The van der Waals surface area contributed by atoms with Crippen molar-refractivity contribution in [2.45, 2.75) is 18.9 Å². The van der Waals surface area contributed by atoms with Crippen molar-refractivity contribution >= 4 is 12.4 Å². The van der Waals surface area contributed by atoms with Gasteiger partial charge in [0, 0.05) is 18.9 Å². The standard InChI is InChI=1S/C15H18N4O.ClH/c20-15-12(13-3-1-2-6-16-13)9-19(17-15)14-10-18-7-4-11(14)5-8-18;/h1-3,6,9,11,14H,4-5,7-8,10H2,(H,17,20);1H. The number of hydrogen-bond acceptors (Lipinski definition) is 3. The summed E-state index contributed by atoms with van der Waals surface area (Å²) in [5.41, 5.74) is 1.37. The highest BCUT2D eigenvalue weighted by molar-refractivity contribution is 5.85. The van der Waals surface area contributed by atoms with Crippen LogP contribution in [0.5, 0.6) is 0 Å². The Labute approximate surface area is 129 Å². The average Bonchev–Trinajstić information content (AvgIpc) is 2.91. The van der Waals surface area contributed by atoms with Gasteiger partial charge >= 0.3 is 0 Å². The zero-order valence-electron chi connectivity index (χ0n) is 11.7. The molecule has 2 aromatic heterocycles. The van der Waals surface area contributed by atoms with Crippen LogP contribution in [0, 0.1) is 5.92 Å². The maximum absolute atomic E-state index is 12.2. The van der Waals surface area contributed by atoms with E-state index in [0.29, 0.717) is 17.5 Å². The molecule has 0 radical (unpaired) electrons. The van der Waals surface area contributed by atoms with E-state index in [1.807, 2.05) is 29.1 Å². The van der Waals surface area contributed by atoms with Gasteiger partial charge in [0.25, 0.3) is 5.56 Å². The van der Waals surface area contributed by atoms with E-state index in [2.05, 4.69) is 15.0 Å². The Kier molecular flexibility index (Phi) is 3.87. The van der Waals surface area contributed by atoms with Gasteiger partial charge in [-0.25, -0.2) is 0 Å². The van der Waals surface area contributed by atoms with E-state index in [0.717, 1.165) is 12.2 Å². The van der Waals surface area contributed by atoms with Crippen molar-refractivity contribution in [2.24, 2.45) is 5.92 Å². The molecule has 0 aliphatic carbocycles. The van der Waals surface area contributed by atoms with Crippen LogP contribution < -0.4 is 5.56 Å². The maximum atomic E-state index is 12.2. The Balaban J connectivity index is 0.00000132. The number of halogens is 1. The van der Waals surface area contributed by atoms with Crippen LogP contribution in [0.1, 0.15) is 18.9 Å². The number of aromatic nitrogens is 3. The van der Waals surface area contributed by atoms with Crippen LogP contribution >= 0.6 is 12.4 Å². The van der Waals surface area contributed by atoms with Crippen LogP contribution in [0.15, 0.2) is 35.4 Å². The molecule has 0 spiro atoms. The molecular formula is C15H19ClN4O. The number of nitrogens with zero attached hydrogens (tertiary/aromatic N) is 3. The van der Waals surface area contributed by atoms with Crippen molar-refractivity contribution in [3.05, 3.63) is 40.9 Å². The van der Waals surface area contributed by atoms with E-state index in [1.165, 1.54) is 25.9 Å². The number of hydrogen-bond donors (Lipinski definition) is 1. The minimum Gasteiger partial charge on any atom is -0.301 e. The fraction of sp³-hybridized carbons (Fsp3) is 0.467. The third-order valence-electron chi connectivity index (χ3n) is 4.66. The molecule has 3 saturated heterocycles. The van der Waals surface area contributed by atoms with Crippen molar-refractivity contribution < 1.29 is 0 Å². The maximum Gasteiger partial charge on any atom is 0.273 e. The minimum absolute atomic E-state index is 0. The molecule has 2 bridgehead atoms. The number of aromatic amines is 1. The lowest BCUT2D eigenvalue weighted by atomic mass is 9.84. The van der Waals surface area contributed by atoms with Crippen molar-refractivity contribution in [1.29, 1.82) is 0 Å². The highest BCUT2D eigenvalue weighted by Crippen LogP contribution is 2.35. The number of fused-ring (bicyclic) bond motifs is 3. The minimum atomic E-state index is -0.0415. The predicted octanol–water partition coefficient (Wildman–Crippen LogP) is 1.93. The summed E-state index contributed by atoms with van der Waals surface area (Å²) in [6.07, 6.45) is 6.14. The molecule has 5 nitrogen and oxygen atoms in total. The average molecular weight is 307 g/mol. The molecule has 5 heterocycles. The van der Waals surface area contributed by atoms with Gasteiger partial charge in [-0.3, -0.25) is 19.6 Å². The first kappa shape index (κ1) is 14.4. The van der Waals surface area contributed by atoms with Gasteiger partial charge in [-0.05, 0) is 44.0 Å². The second kappa shape index (κ2) is 5.66. The molecule has 1 atom stereocenters. The summed E-state index contributed by atoms with van der Waals surface area (Å²) in [4.78, 5) is 18.9. The molecule has 1 unspecified atom stereocenters. The second-order valence-electron chi connectivity index (χ2n) is 5.81. The van der Waals surface area contributed by atoms with Gasteiger partial charge in [0.1, 0.15) is 0 Å². The normalized spacial score (nSPS) is 27.3. The summed E-state index contributed by atoms with van der Waals surface area (Å²) in [7, 11) is 0. The van der Waals surface area contributed by atoms with E-state index in [-0.39, 0.29) is 18.0 Å². The van der Waals surface area contributed by atoms with Crippen molar-refractivity contribution in [2.75, 3.05) is 19.6 Å². The van der Waals surface area contributed by atoms with Gasteiger partial charge < -0.3 is 4.90 Å². The topological polar surface area (TPSA) is 53.9 Å². The Morgan fingerprint density at radius 2 is 2.05 bits per heavy atom. The molecule has 3 aliphatic heterocycles. The molecule has 21 heavy (non-hydrogen) atoms. The first-order chi connectivity index (χ1) is 9.81. The van der Waals surface area contributed by atoms with Gasteiger partial charge in [-0.15, -0.1) is 12.4 Å². The summed E-state index contributed by atoms with van der Waals surface area (Å²) in [5, 5.41) is 2.99. The van der Waals surface area contributed by atoms with Crippen LogP contribution in [0.25, 0.3) is 11.3 Å². The molecule has 0 amide bonds. The molecule has 1 N–H and O–H groups in total. The van der Waals surface area contributed by atoms with Gasteiger partial charge in [0.05, 0.1) is 17.3 Å². The highest BCUT2D eigenvalue weighted by atomic mass is 35.5. The summed E-state index contributed by atoms with van der Waals surface area (Å²) in [6, 6.07) is 6.06. The summed E-state index contributed by atoms with van der Waals surface area (Å²) in [6.45, 7) is 3.47. The SMILES string of the molecule is Cl.O=c1[nH]n(C2CN3CCC2CC3)cc1-c1ccccn1. The quantitative estimate of drug-likeness (QED) is 0.922. The molecule has 3 aliphatic rings. The number of rotatable bonds is 2. The number of piperidine rings is 3. The molecule has 112 valence electrons. The lowest BCUT2D eigenvalue weighted by Gasteiger charge is -2.44. The van der Waals surface area contributed by atoms with E-state index >= 15 is 0 Å². The van der Waals surface area contributed by atoms with E-state index < -0.39 is 0 Å². The van der Waals surface area contributed by atoms with Gasteiger partial charge in [0.2, 0.25) is 0 Å². The Morgan fingerprint density at radius 3 is 2.67 bits per heavy atom. The van der Waals surface area contributed by atoms with Crippen LogP contribution in [-0.4, -0.2) is 39.3 Å². The zero-order chi connectivity index (χ0) is 13.5. The van der Waals surface area contributed by atoms with Gasteiger partial charge in [-0.2, -0.15) is 0 Å². The monoisotopic (exact) mass is 306 g/mol. The molecule has 6 heteroatoms. The van der Waals surface area contributed by atoms with E-state index in [4.69, 9.17) is 0 Å². The number of nitrogens with one attached hydrogen (secondary N) is 1. The molecular weight excluding hydrogens is 288 g/mol. The van der Waals surface area contributed by atoms with Crippen LogP contribution in [0.3, 0.4) is 0 Å². The van der Waals surface area contributed by atoms with Crippen molar-refractivity contribution in [3.8, 4) is 11.3 Å². The summed E-state index contributed by atoms with van der Waals surface area (Å²) in [5.74, 6) is 0.694. The Bertz CT molecular complexity index is 658. The fourth-order valence-electron chi connectivity index (χ4n) is 3.54. The molecule has 2 aromatic rings. The van der Waals surface area contributed by atoms with Crippen LogP contribution in [0.2, 0.25) is 0 Å². The summed E-state index contributed by atoms with van der Waals surface area (Å²) >= 11 is 0. The third kappa shape index (κ3) is 2.51. The molecule has 0 aromatic carbocycles. The smallest absolute Gasteiger partial charge is 0.273 e. The molecule has 5 rings (SSSR count). The summed E-state index contributed by atoms with van der Waals surface area (Å²) < 4.78 is 2.02. The van der Waals surface area contributed by atoms with Crippen molar-refractivity contribution in [1.82, 2.24) is 19.7 Å². The third-order valence-corrected chi connectivity index (χ3v) is 4.66. The number of H-pyrrole nitrogens is 1. The van der Waals surface area contributed by atoms with E-state index in [9.17, 15) is 4.79 Å². The van der Waals surface area contributed by atoms with Crippen molar-refractivity contribution in [3.63, 3.8) is 0 Å². The number of pyridine rings is 1. The molecule has 3 fully saturated rings. The van der Waals surface area contributed by atoms with Gasteiger partial charge in [-0.1, -0.05) is 6.07 Å². The Hall–Kier alpha value is -1.59.